The lowest BCUT2D eigenvalue weighted by Gasteiger charge is -2.13. The van der Waals surface area contributed by atoms with Crippen LogP contribution in [0.25, 0.3) is 0 Å². The molecule has 0 aliphatic carbocycles. The minimum Gasteiger partial charge on any atom is -0.496 e. The standard InChI is InChI=1S/C20H18N2O4S/c1-25-16-7-4-3-6-14(16)19(23)21-13-9-10-15(17(12-13)26-2)22-20(24)18-8-5-11-27-18/h3-12H,1-2H3,(H,21,23)(H,22,24). The summed E-state index contributed by atoms with van der Waals surface area (Å²) in [4.78, 5) is 25.3. The van der Waals surface area contributed by atoms with E-state index in [-0.39, 0.29) is 11.8 Å². The summed E-state index contributed by atoms with van der Waals surface area (Å²) in [5, 5.41) is 7.45. The summed E-state index contributed by atoms with van der Waals surface area (Å²) < 4.78 is 10.6. The Morgan fingerprint density at radius 3 is 2.33 bits per heavy atom. The number of carbonyl (C=O) groups is 2. The molecule has 3 rings (SSSR count). The molecule has 0 aliphatic heterocycles. The molecule has 3 aromatic rings. The van der Waals surface area contributed by atoms with Crippen LogP contribution in [0.2, 0.25) is 0 Å². The molecular formula is C20H18N2O4S. The first-order valence-electron chi connectivity index (χ1n) is 8.09. The van der Waals surface area contributed by atoms with Gasteiger partial charge in [0.25, 0.3) is 11.8 Å². The van der Waals surface area contributed by atoms with Crippen LogP contribution in [0.5, 0.6) is 11.5 Å². The minimum atomic E-state index is -0.301. The summed E-state index contributed by atoms with van der Waals surface area (Å²) in [5.74, 6) is 0.415. The number of hydrogen-bond donors (Lipinski definition) is 2. The van der Waals surface area contributed by atoms with E-state index in [0.29, 0.717) is 33.3 Å². The van der Waals surface area contributed by atoms with Gasteiger partial charge in [0.2, 0.25) is 0 Å². The van der Waals surface area contributed by atoms with Gasteiger partial charge in [0.15, 0.2) is 0 Å². The fraction of sp³-hybridized carbons (Fsp3) is 0.100. The maximum Gasteiger partial charge on any atom is 0.265 e. The van der Waals surface area contributed by atoms with E-state index in [1.54, 1.807) is 48.5 Å². The van der Waals surface area contributed by atoms with Crippen LogP contribution >= 0.6 is 11.3 Å². The molecule has 1 heterocycles. The first-order valence-corrected chi connectivity index (χ1v) is 8.97. The zero-order valence-electron chi connectivity index (χ0n) is 14.8. The van der Waals surface area contributed by atoms with Crippen molar-refractivity contribution in [3.05, 3.63) is 70.4 Å². The summed E-state index contributed by atoms with van der Waals surface area (Å²) in [5.41, 5.74) is 1.48. The van der Waals surface area contributed by atoms with Gasteiger partial charge in [0.1, 0.15) is 11.5 Å². The molecule has 7 heteroatoms. The highest BCUT2D eigenvalue weighted by Crippen LogP contribution is 2.29. The maximum atomic E-state index is 12.5. The Hall–Kier alpha value is -3.32. The van der Waals surface area contributed by atoms with Crippen molar-refractivity contribution in [3.8, 4) is 11.5 Å². The lowest BCUT2D eigenvalue weighted by atomic mass is 10.1. The predicted octanol–water partition coefficient (Wildman–Crippen LogP) is 4.27. The number of para-hydroxylation sites is 1. The lowest BCUT2D eigenvalue weighted by Crippen LogP contribution is -2.14. The molecule has 138 valence electrons. The van der Waals surface area contributed by atoms with Crippen LogP contribution in [0.1, 0.15) is 20.0 Å². The number of carbonyl (C=O) groups excluding carboxylic acids is 2. The van der Waals surface area contributed by atoms with Gasteiger partial charge in [0.05, 0.1) is 30.3 Å². The van der Waals surface area contributed by atoms with Crippen LogP contribution in [0.3, 0.4) is 0 Å². The number of methoxy groups -OCH3 is 2. The molecule has 0 bridgehead atoms. The van der Waals surface area contributed by atoms with Gasteiger partial charge in [-0.2, -0.15) is 0 Å². The molecule has 0 saturated heterocycles. The summed E-state index contributed by atoms with van der Waals surface area (Å²) in [6, 6.07) is 15.5. The highest BCUT2D eigenvalue weighted by atomic mass is 32.1. The van der Waals surface area contributed by atoms with Crippen molar-refractivity contribution in [2.45, 2.75) is 0 Å². The first kappa shape index (κ1) is 18.5. The monoisotopic (exact) mass is 382 g/mol. The van der Waals surface area contributed by atoms with E-state index in [0.717, 1.165) is 0 Å². The van der Waals surface area contributed by atoms with Crippen molar-refractivity contribution in [3.63, 3.8) is 0 Å². The second kappa shape index (κ2) is 8.37. The zero-order valence-corrected chi connectivity index (χ0v) is 15.6. The molecule has 6 nitrogen and oxygen atoms in total. The molecule has 0 radical (unpaired) electrons. The van der Waals surface area contributed by atoms with Crippen LogP contribution in [0.4, 0.5) is 11.4 Å². The minimum absolute atomic E-state index is 0.214. The second-order valence-electron chi connectivity index (χ2n) is 5.50. The highest BCUT2D eigenvalue weighted by molar-refractivity contribution is 7.12. The van der Waals surface area contributed by atoms with E-state index in [9.17, 15) is 9.59 Å². The van der Waals surface area contributed by atoms with Gasteiger partial charge in [-0.15, -0.1) is 11.3 Å². The summed E-state index contributed by atoms with van der Waals surface area (Å²) >= 11 is 1.35. The van der Waals surface area contributed by atoms with Crippen molar-refractivity contribution in [2.75, 3.05) is 24.9 Å². The van der Waals surface area contributed by atoms with Gasteiger partial charge in [-0.1, -0.05) is 18.2 Å². The molecule has 27 heavy (non-hydrogen) atoms. The number of rotatable bonds is 6. The van der Waals surface area contributed by atoms with E-state index >= 15 is 0 Å². The number of nitrogens with one attached hydrogen (secondary N) is 2. The topological polar surface area (TPSA) is 76.7 Å². The molecule has 0 unspecified atom stereocenters. The number of hydrogen-bond acceptors (Lipinski definition) is 5. The third-order valence-electron chi connectivity index (χ3n) is 3.80. The van der Waals surface area contributed by atoms with Crippen LogP contribution < -0.4 is 20.1 Å². The molecule has 0 spiro atoms. The second-order valence-corrected chi connectivity index (χ2v) is 6.45. The van der Waals surface area contributed by atoms with Gasteiger partial charge in [-0.3, -0.25) is 9.59 Å². The summed E-state index contributed by atoms with van der Waals surface area (Å²) in [6.07, 6.45) is 0. The number of thiophene rings is 1. The van der Waals surface area contributed by atoms with Crippen molar-refractivity contribution >= 4 is 34.5 Å². The Labute approximate surface area is 160 Å². The number of amides is 2. The van der Waals surface area contributed by atoms with Gasteiger partial charge >= 0.3 is 0 Å². The fourth-order valence-corrected chi connectivity index (χ4v) is 3.11. The Morgan fingerprint density at radius 2 is 1.63 bits per heavy atom. The van der Waals surface area contributed by atoms with Crippen molar-refractivity contribution < 1.29 is 19.1 Å². The molecule has 0 atom stereocenters. The van der Waals surface area contributed by atoms with Crippen molar-refractivity contribution in [2.24, 2.45) is 0 Å². The molecule has 1 aromatic heterocycles. The molecule has 0 saturated carbocycles. The summed E-state index contributed by atoms with van der Waals surface area (Å²) in [7, 11) is 3.02. The van der Waals surface area contributed by atoms with Gasteiger partial charge < -0.3 is 20.1 Å². The molecule has 2 N–H and O–H groups in total. The predicted molar refractivity (Wildman–Crippen MR) is 106 cm³/mol. The van der Waals surface area contributed by atoms with Crippen LogP contribution in [-0.4, -0.2) is 26.0 Å². The Bertz CT molecular complexity index is 954. The highest BCUT2D eigenvalue weighted by Gasteiger charge is 2.14. The fourth-order valence-electron chi connectivity index (χ4n) is 2.49. The van der Waals surface area contributed by atoms with Crippen LogP contribution in [-0.2, 0) is 0 Å². The van der Waals surface area contributed by atoms with Crippen molar-refractivity contribution in [1.29, 1.82) is 0 Å². The first-order chi connectivity index (χ1) is 13.1. The third-order valence-corrected chi connectivity index (χ3v) is 4.67. The largest absolute Gasteiger partial charge is 0.496 e. The van der Waals surface area contributed by atoms with Gasteiger partial charge in [-0.05, 0) is 35.7 Å². The van der Waals surface area contributed by atoms with Gasteiger partial charge in [0, 0.05) is 11.8 Å². The molecule has 0 aliphatic rings. The smallest absolute Gasteiger partial charge is 0.265 e. The average molecular weight is 382 g/mol. The van der Waals surface area contributed by atoms with Crippen molar-refractivity contribution in [1.82, 2.24) is 0 Å². The molecule has 0 fully saturated rings. The van der Waals surface area contributed by atoms with Crippen LogP contribution in [0, 0.1) is 0 Å². The molecule has 2 aromatic carbocycles. The average Bonchev–Trinajstić information content (AvgIpc) is 3.24. The lowest BCUT2D eigenvalue weighted by molar-refractivity contribution is 0.101. The normalized spacial score (nSPS) is 10.1. The zero-order chi connectivity index (χ0) is 19.2. The van der Waals surface area contributed by atoms with E-state index in [1.165, 1.54) is 25.6 Å². The number of ether oxygens (including phenoxy) is 2. The SMILES string of the molecule is COc1cc(NC(=O)c2ccccc2OC)ccc1NC(=O)c1cccs1. The maximum absolute atomic E-state index is 12.5. The molecular weight excluding hydrogens is 364 g/mol. The van der Waals surface area contributed by atoms with E-state index in [2.05, 4.69) is 10.6 Å². The third kappa shape index (κ3) is 4.27. The number of anilines is 2. The van der Waals surface area contributed by atoms with E-state index in [4.69, 9.17) is 9.47 Å². The van der Waals surface area contributed by atoms with Gasteiger partial charge in [-0.25, -0.2) is 0 Å². The molecule has 2 amide bonds. The van der Waals surface area contributed by atoms with Crippen LogP contribution in [0.15, 0.2) is 60.0 Å². The Balaban J connectivity index is 1.77. The Morgan fingerprint density at radius 1 is 0.852 bits per heavy atom. The number of benzene rings is 2. The summed E-state index contributed by atoms with van der Waals surface area (Å²) in [6.45, 7) is 0. The Kier molecular flexibility index (Phi) is 5.73. The van der Waals surface area contributed by atoms with E-state index < -0.39 is 0 Å². The quantitative estimate of drug-likeness (QED) is 0.667. The van der Waals surface area contributed by atoms with E-state index in [1.807, 2.05) is 11.4 Å².